The third kappa shape index (κ3) is 5.72. The molecule has 2 aromatic rings. The largest absolute Gasteiger partial charge is 0.484 e. The molecule has 0 bridgehead atoms. The molecule has 130 valence electrons. The molecule has 0 unspecified atom stereocenters. The third-order valence-electron chi connectivity index (χ3n) is 3.40. The van der Waals surface area contributed by atoms with Crippen LogP contribution in [0.3, 0.4) is 0 Å². The summed E-state index contributed by atoms with van der Waals surface area (Å²) >= 11 is 0. The van der Waals surface area contributed by atoms with E-state index in [1.165, 1.54) is 23.9 Å². The zero-order valence-corrected chi connectivity index (χ0v) is 14.0. The molecule has 0 spiro atoms. The molecule has 0 radical (unpaired) electrons. The highest BCUT2D eigenvalue weighted by Gasteiger charge is 2.05. The molecular formula is C18H19N3O4. The summed E-state index contributed by atoms with van der Waals surface area (Å²) in [6, 6.07) is 13.5. The van der Waals surface area contributed by atoms with Crippen molar-refractivity contribution in [3.8, 4) is 5.75 Å². The molecule has 7 nitrogen and oxygen atoms in total. The number of nitrogens with zero attached hydrogens (tertiary/aromatic N) is 2. The number of non-ortho nitro benzene ring substituents is 1. The molecule has 1 amide bonds. The van der Waals surface area contributed by atoms with Gasteiger partial charge < -0.3 is 4.74 Å². The molecule has 0 heterocycles. The van der Waals surface area contributed by atoms with E-state index in [9.17, 15) is 14.9 Å². The fourth-order valence-electron chi connectivity index (χ4n) is 2.03. The number of rotatable bonds is 7. The molecule has 1 N–H and O–H groups in total. The lowest BCUT2D eigenvalue weighted by atomic mass is 10.0. The number of hydrazone groups is 1. The second kappa shape index (κ2) is 8.58. The van der Waals surface area contributed by atoms with Crippen LogP contribution in [0.4, 0.5) is 5.69 Å². The molecule has 25 heavy (non-hydrogen) atoms. The quantitative estimate of drug-likeness (QED) is 0.475. The lowest BCUT2D eigenvalue weighted by Crippen LogP contribution is -2.24. The standard InChI is InChI=1S/C18H19N3O4/c1-13(2)15-6-8-17(9-7-15)25-12-18(22)20-19-11-14-4-3-5-16(10-14)21(23)24/h3-11,13H,12H2,1-2H3,(H,20,22)/b19-11-. The Morgan fingerprint density at radius 2 is 2.00 bits per heavy atom. The van der Waals surface area contributed by atoms with Crippen molar-refractivity contribution in [3.05, 3.63) is 69.8 Å². The van der Waals surface area contributed by atoms with E-state index in [-0.39, 0.29) is 12.3 Å². The molecule has 0 aliphatic carbocycles. The van der Waals surface area contributed by atoms with Crippen molar-refractivity contribution >= 4 is 17.8 Å². The summed E-state index contributed by atoms with van der Waals surface area (Å²) in [5.41, 5.74) is 3.98. The van der Waals surface area contributed by atoms with Gasteiger partial charge in [0.2, 0.25) is 0 Å². The van der Waals surface area contributed by atoms with Crippen LogP contribution >= 0.6 is 0 Å². The highest BCUT2D eigenvalue weighted by molar-refractivity contribution is 5.83. The van der Waals surface area contributed by atoms with Crippen LogP contribution in [0.2, 0.25) is 0 Å². The fraction of sp³-hybridized carbons (Fsp3) is 0.222. The summed E-state index contributed by atoms with van der Waals surface area (Å²) in [7, 11) is 0. The molecule has 0 fully saturated rings. The van der Waals surface area contributed by atoms with Gasteiger partial charge in [0.1, 0.15) is 5.75 Å². The number of nitro groups is 1. The maximum atomic E-state index is 11.7. The first-order valence-corrected chi connectivity index (χ1v) is 7.75. The minimum atomic E-state index is -0.492. The first-order valence-electron chi connectivity index (χ1n) is 7.75. The normalized spacial score (nSPS) is 10.8. The van der Waals surface area contributed by atoms with Crippen LogP contribution in [0.25, 0.3) is 0 Å². The van der Waals surface area contributed by atoms with Gasteiger partial charge in [0.05, 0.1) is 11.1 Å². The first-order chi connectivity index (χ1) is 12.0. The number of nitrogens with one attached hydrogen (secondary N) is 1. The number of carbonyl (C=O) groups excluding carboxylic acids is 1. The van der Waals surface area contributed by atoms with Crippen molar-refractivity contribution in [2.75, 3.05) is 6.61 Å². The number of benzene rings is 2. The predicted molar refractivity (Wildman–Crippen MR) is 94.9 cm³/mol. The Morgan fingerprint density at radius 1 is 1.28 bits per heavy atom. The van der Waals surface area contributed by atoms with Gasteiger partial charge in [-0.15, -0.1) is 0 Å². The van der Waals surface area contributed by atoms with E-state index < -0.39 is 10.8 Å². The minimum Gasteiger partial charge on any atom is -0.484 e. The van der Waals surface area contributed by atoms with Crippen molar-refractivity contribution in [2.24, 2.45) is 5.10 Å². The third-order valence-corrected chi connectivity index (χ3v) is 3.40. The molecule has 0 aromatic heterocycles. The first kappa shape index (κ1) is 18.1. The summed E-state index contributed by atoms with van der Waals surface area (Å²) in [6.45, 7) is 4.03. The highest BCUT2D eigenvalue weighted by Crippen LogP contribution is 2.18. The number of carbonyl (C=O) groups is 1. The van der Waals surface area contributed by atoms with Crippen LogP contribution in [-0.2, 0) is 4.79 Å². The summed E-state index contributed by atoms with van der Waals surface area (Å²) in [6.07, 6.45) is 1.34. The van der Waals surface area contributed by atoms with E-state index in [1.807, 2.05) is 24.3 Å². The number of hydrogen-bond donors (Lipinski definition) is 1. The Kier molecular flexibility index (Phi) is 6.22. The average molecular weight is 341 g/mol. The molecule has 0 saturated heterocycles. The van der Waals surface area contributed by atoms with Crippen LogP contribution in [0.15, 0.2) is 53.6 Å². The van der Waals surface area contributed by atoms with E-state index in [4.69, 9.17) is 4.74 Å². The van der Waals surface area contributed by atoms with Crippen LogP contribution < -0.4 is 10.2 Å². The van der Waals surface area contributed by atoms with Gasteiger partial charge in [-0.05, 0) is 23.6 Å². The van der Waals surface area contributed by atoms with Crippen molar-refractivity contribution < 1.29 is 14.5 Å². The monoisotopic (exact) mass is 341 g/mol. The molecule has 2 rings (SSSR count). The Labute approximate surface area is 145 Å². The SMILES string of the molecule is CC(C)c1ccc(OCC(=O)N/N=C\c2cccc([N+](=O)[O-])c2)cc1. The van der Waals surface area contributed by atoms with Crippen molar-refractivity contribution in [3.63, 3.8) is 0 Å². The smallest absolute Gasteiger partial charge is 0.277 e. The van der Waals surface area contributed by atoms with Crippen molar-refractivity contribution in [1.82, 2.24) is 5.43 Å². The van der Waals surface area contributed by atoms with Crippen LogP contribution in [0, 0.1) is 10.1 Å². The number of amides is 1. The molecule has 0 aliphatic heterocycles. The maximum absolute atomic E-state index is 11.7. The van der Waals surface area contributed by atoms with E-state index >= 15 is 0 Å². The van der Waals surface area contributed by atoms with Gasteiger partial charge in [-0.25, -0.2) is 5.43 Å². The van der Waals surface area contributed by atoms with Crippen LogP contribution in [-0.4, -0.2) is 23.7 Å². The van der Waals surface area contributed by atoms with Crippen molar-refractivity contribution in [1.29, 1.82) is 0 Å². The predicted octanol–water partition coefficient (Wildman–Crippen LogP) is 3.25. The Balaban J connectivity index is 1.82. The number of ether oxygens (including phenoxy) is 1. The molecular weight excluding hydrogens is 322 g/mol. The van der Waals surface area contributed by atoms with Gasteiger partial charge >= 0.3 is 0 Å². The van der Waals surface area contributed by atoms with E-state index in [0.29, 0.717) is 17.2 Å². The Hall–Kier alpha value is -3.22. The lowest BCUT2D eigenvalue weighted by Gasteiger charge is -2.08. The lowest BCUT2D eigenvalue weighted by molar-refractivity contribution is -0.384. The van der Waals surface area contributed by atoms with Gasteiger partial charge in [0.25, 0.3) is 11.6 Å². The average Bonchev–Trinajstić information content (AvgIpc) is 2.60. The van der Waals surface area contributed by atoms with E-state index in [0.717, 1.165) is 0 Å². The summed E-state index contributed by atoms with van der Waals surface area (Å²) in [5, 5.41) is 14.5. The van der Waals surface area contributed by atoms with Gasteiger partial charge in [0, 0.05) is 17.7 Å². The number of nitro benzene ring substituents is 1. The van der Waals surface area contributed by atoms with E-state index in [1.54, 1.807) is 12.1 Å². The van der Waals surface area contributed by atoms with Crippen molar-refractivity contribution in [2.45, 2.75) is 19.8 Å². The van der Waals surface area contributed by atoms with Gasteiger partial charge in [-0.2, -0.15) is 5.10 Å². The zero-order valence-electron chi connectivity index (χ0n) is 14.0. The van der Waals surface area contributed by atoms with Gasteiger partial charge in [-0.3, -0.25) is 14.9 Å². The summed E-state index contributed by atoms with van der Waals surface area (Å²) in [4.78, 5) is 21.9. The van der Waals surface area contributed by atoms with E-state index in [2.05, 4.69) is 24.4 Å². The Morgan fingerprint density at radius 3 is 2.64 bits per heavy atom. The molecule has 0 aliphatic rings. The molecule has 0 atom stereocenters. The summed E-state index contributed by atoms with van der Waals surface area (Å²) < 4.78 is 5.38. The highest BCUT2D eigenvalue weighted by atomic mass is 16.6. The summed E-state index contributed by atoms with van der Waals surface area (Å²) in [5.74, 6) is 0.609. The number of hydrogen-bond acceptors (Lipinski definition) is 5. The van der Waals surface area contributed by atoms with Crippen LogP contribution in [0.1, 0.15) is 30.9 Å². The maximum Gasteiger partial charge on any atom is 0.277 e. The topological polar surface area (TPSA) is 93.8 Å². The van der Waals surface area contributed by atoms with Gasteiger partial charge in [0.15, 0.2) is 6.61 Å². The molecule has 7 heteroatoms. The van der Waals surface area contributed by atoms with Crippen LogP contribution in [0.5, 0.6) is 5.75 Å². The Bertz CT molecular complexity index is 770. The van der Waals surface area contributed by atoms with Gasteiger partial charge in [-0.1, -0.05) is 38.1 Å². The second-order valence-electron chi connectivity index (χ2n) is 5.66. The molecule has 0 saturated carbocycles. The molecule has 2 aromatic carbocycles. The minimum absolute atomic E-state index is 0.0385. The fourth-order valence-corrected chi connectivity index (χ4v) is 2.03. The zero-order chi connectivity index (χ0) is 18.2. The second-order valence-corrected chi connectivity index (χ2v) is 5.66.